The summed E-state index contributed by atoms with van der Waals surface area (Å²) in [5, 5.41) is 3.30. The minimum atomic E-state index is 0.729. The van der Waals surface area contributed by atoms with Gasteiger partial charge < -0.3 is 14.8 Å². The molecule has 3 aromatic rings. The molecule has 0 unspecified atom stereocenters. The number of aromatic nitrogens is 2. The molecule has 0 saturated heterocycles. The molecule has 0 aliphatic carbocycles. The lowest BCUT2D eigenvalue weighted by Crippen LogP contribution is -1.97. The minimum absolute atomic E-state index is 0.729. The molecule has 1 aromatic heterocycles. The summed E-state index contributed by atoms with van der Waals surface area (Å²) in [6.45, 7) is 2.01. The molecule has 0 bridgehead atoms. The van der Waals surface area contributed by atoms with E-state index in [1.54, 1.807) is 20.5 Å². The van der Waals surface area contributed by atoms with E-state index in [4.69, 9.17) is 9.47 Å². The molecular formula is C19H19N3O2. The molecule has 0 amide bonds. The van der Waals surface area contributed by atoms with Crippen LogP contribution in [0.4, 0.5) is 11.5 Å². The third kappa shape index (κ3) is 3.46. The SMILES string of the molecule is COc1cccc(-c2cc(Nc3ccc(OC)c(C)c3)ncn2)c1. The summed E-state index contributed by atoms with van der Waals surface area (Å²) in [5.41, 5.74) is 3.82. The van der Waals surface area contributed by atoms with Gasteiger partial charge in [0, 0.05) is 17.3 Å². The van der Waals surface area contributed by atoms with Crippen molar-refractivity contribution in [3.63, 3.8) is 0 Å². The summed E-state index contributed by atoms with van der Waals surface area (Å²) in [6, 6.07) is 15.6. The van der Waals surface area contributed by atoms with E-state index in [1.807, 2.05) is 55.5 Å². The maximum atomic E-state index is 5.28. The van der Waals surface area contributed by atoms with Gasteiger partial charge in [0.15, 0.2) is 0 Å². The highest BCUT2D eigenvalue weighted by molar-refractivity contribution is 5.67. The Morgan fingerprint density at radius 1 is 0.917 bits per heavy atom. The highest BCUT2D eigenvalue weighted by Crippen LogP contribution is 2.26. The molecule has 0 aliphatic rings. The molecule has 5 heteroatoms. The number of hydrogen-bond donors (Lipinski definition) is 1. The summed E-state index contributed by atoms with van der Waals surface area (Å²) in [5.74, 6) is 2.39. The summed E-state index contributed by atoms with van der Waals surface area (Å²) in [6.07, 6.45) is 1.55. The summed E-state index contributed by atoms with van der Waals surface area (Å²) < 4.78 is 10.6. The Kier molecular flexibility index (Phi) is 4.61. The molecule has 0 fully saturated rings. The second-order valence-corrected chi connectivity index (χ2v) is 5.33. The van der Waals surface area contributed by atoms with Gasteiger partial charge in [-0.25, -0.2) is 9.97 Å². The van der Waals surface area contributed by atoms with Crippen molar-refractivity contribution in [2.75, 3.05) is 19.5 Å². The average molecular weight is 321 g/mol. The first-order valence-corrected chi connectivity index (χ1v) is 7.58. The van der Waals surface area contributed by atoms with E-state index in [0.717, 1.165) is 39.8 Å². The van der Waals surface area contributed by atoms with Crippen molar-refractivity contribution in [2.45, 2.75) is 6.92 Å². The fourth-order valence-corrected chi connectivity index (χ4v) is 2.47. The van der Waals surface area contributed by atoms with Crippen molar-refractivity contribution in [3.8, 4) is 22.8 Å². The van der Waals surface area contributed by atoms with Crippen LogP contribution in [0.15, 0.2) is 54.9 Å². The Morgan fingerprint density at radius 3 is 2.54 bits per heavy atom. The van der Waals surface area contributed by atoms with Crippen LogP contribution in [0.3, 0.4) is 0 Å². The van der Waals surface area contributed by atoms with Crippen molar-refractivity contribution >= 4 is 11.5 Å². The van der Waals surface area contributed by atoms with Crippen molar-refractivity contribution < 1.29 is 9.47 Å². The lowest BCUT2D eigenvalue weighted by atomic mass is 10.1. The van der Waals surface area contributed by atoms with Gasteiger partial charge in [-0.1, -0.05) is 12.1 Å². The number of aryl methyl sites for hydroxylation is 1. The molecule has 122 valence electrons. The monoisotopic (exact) mass is 321 g/mol. The average Bonchev–Trinajstić information content (AvgIpc) is 2.62. The number of nitrogens with zero attached hydrogens (tertiary/aromatic N) is 2. The first kappa shape index (κ1) is 15.8. The molecule has 3 rings (SSSR count). The number of rotatable bonds is 5. The first-order valence-electron chi connectivity index (χ1n) is 7.58. The predicted molar refractivity (Wildman–Crippen MR) is 95.0 cm³/mol. The van der Waals surface area contributed by atoms with Crippen LogP contribution < -0.4 is 14.8 Å². The van der Waals surface area contributed by atoms with Gasteiger partial charge in [0.25, 0.3) is 0 Å². The molecular weight excluding hydrogens is 302 g/mol. The molecule has 0 radical (unpaired) electrons. The Labute approximate surface area is 141 Å². The van der Waals surface area contributed by atoms with E-state index in [2.05, 4.69) is 15.3 Å². The van der Waals surface area contributed by atoms with Crippen LogP contribution in [0.2, 0.25) is 0 Å². The zero-order valence-electron chi connectivity index (χ0n) is 13.9. The number of methoxy groups -OCH3 is 2. The second-order valence-electron chi connectivity index (χ2n) is 5.33. The molecule has 24 heavy (non-hydrogen) atoms. The van der Waals surface area contributed by atoms with Crippen LogP contribution in [0.25, 0.3) is 11.3 Å². The van der Waals surface area contributed by atoms with Crippen LogP contribution in [-0.2, 0) is 0 Å². The topological polar surface area (TPSA) is 56.3 Å². The van der Waals surface area contributed by atoms with Gasteiger partial charge in [-0.15, -0.1) is 0 Å². The zero-order valence-corrected chi connectivity index (χ0v) is 13.9. The lowest BCUT2D eigenvalue weighted by Gasteiger charge is -2.10. The fourth-order valence-electron chi connectivity index (χ4n) is 2.47. The number of nitrogens with one attached hydrogen (secondary N) is 1. The molecule has 0 aliphatic heterocycles. The highest BCUT2D eigenvalue weighted by atomic mass is 16.5. The minimum Gasteiger partial charge on any atom is -0.497 e. The number of anilines is 2. The second kappa shape index (κ2) is 7.00. The third-order valence-corrected chi connectivity index (χ3v) is 3.70. The van der Waals surface area contributed by atoms with Crippen molar-refractivity contribution in [1.29, 1.82) is 0 Å². The van der Waals surface area contributed by atoms with Gasteiger partial charge >= 0.3 is 0 Å². The third-order valence-electron chi connectivity index (χ3n) is 3.70. The van der Waals surface area contributed by atoms with E-state index >= 15 is 0 Å². The van der Waals surface area contributed by atoms with Crippen LogP contribution in [-0.4, -0.2) is 24.2 Å². The van der Waals surface area contributed by atoms with Crippen LogP contribution >= 0.6 is 0 Å². The van der Waals surface area contributed by atoms with Crippen LogP contribution in [0, 0.1) is 6.92 Å². The first-order chi connectivity index (χ1) is 11.7. The van der Waals surface area contributed by atoms with Gasteiger partial charge in [-0.05, 0) is 42.8 Å². The van der Waals surface area contributed by atoms with E-state index in [9.17, 15) is 0 Å². The largest absolute Gasteiger partial charge is 0.497 e. The Morgan fingerprint density at radius 2 is 1.79 bits per heavy atom. The summed E-state index contributed by atoms with van der Waals surface area (Å²) in [7, 11) is 3.32. The standard InChI is InChI=1S/C19H19N3O2/c1-13-9-15(7-8-18(13)24-3)22-19-11-17(20-12-21-19)14-5-4-6-16(10-14)23-2/h4-12H,1-3H3,(H,20,21,22). The maximum absolute atomic E-state index is 5.28. The summed E-state index contributed by atoms with van der Waals surface area (Å²) in [4.78, 5) is 8.64. The van der Waals surface area contributed by atoms with Gasteiger partial charge in [0.1, 0.15) is 23.6 Å². The fraction of sp³-hybridized carbons (Fsp3) is 0.158. The molecule has 0 atom stereocenters. The zero-order chi connectivity index (χ0) is 16.9. The molecule has 1 heterocycles. The van der Waals surface area contributed by atoms with E-state index in [0.29, 0.717) is 0 Å². The van der Waals surface area contributed by atoms with Crippen molar-refractivity contribution in [2.24, 2.45) is 0 Å². The Balaban J connectivity index is 1.86. The Bertz CT molecular complexity index is 850. The highest BCUT2D eigenvalue weighted by Gasteiger charge is 2.05. The van der Waals surface area contributed by atoms with Crippen molar-refractivity contribution in [3.05, 3.63) is 60.4 Å². The van der Waals surface area contributed by atoms with Gasteiger partial charge in [0.05, 0.1) is 19.9 Å². The molecule has 0 spiro atoms. The lowest BCUT2D eigenvalue weighted by molar-refractivity contribution is 0.412. The van der Waals surface area contributed by atoms with Gasteiger partial charge in [-0.3, -0.25) is 0 Å². The summed E-state index contributed by atoms with van der Waals surface area (Å²) >= 11 is 0. The number of hydrogen-bond acceptors (Lipinski definition) is 5. The van der Waals surface area contributed by atoms with E-state index in [1.165, 1.54) is 0 Å². The number of benzene rings is 2. The van der Waals surface area contributed by atoms with E-state index < -0.39 is 0 Å². The maximum Gasteiger partial charge on any atom is 0.134 e. The normalized spacial score (nSPS) is 10.3. The number of ether oxygens (including phenoxy) is 2. The van der Waals surface area contributed by atoms with Crippen LogP contribution in [0.5, 0.6) is 11.5 Å². The van der Waals surface area contributed by atoms with E-state index in [-0.39, 0.29) is 0 Å². The van der Waals surface area contributed by atoms with Gasteiger partial charge in [-0.2, -0.15) is 0 Å². The predicted octanol–water partition coefficient (Wildman–Crippen LogP) is 4.21. The smallest absolute Gasteiger partial charge is 0.134 e. The molecule has 0 saturated carbocycles. The van der Waals surface area contributed by atoms with Crippen molar-refractivity contribution in [1.82, 2.24) is 9.97 Å². The quantitative estimate of drug-likeness (QED) is 0.763. The van der Waals surface area contributed by atoms with Gasteiger partial charge in [0.2, 0.25) is 0 Å². The molecule has 5 nitrogen and oxygen atoms in total. The molecule has 2 aromatic carbocycles. The Hall–Kier alpha value is -3.08. The molecule has 1 N–H and O–H groups in total. The van der Waals surface area contributed by atoms with Crippen LogP contribution in [0.1, 0.15) is 5.56 Å².